The number of hydrogen-bond donors (Lipinski definition) is 2. The minimum Gasteiger partial charge on any atom is -0.384 e. The summed E-state index contributed by atoms with van der Waals surface area (Å²) < 4.78 is 10.9. The minimum atomic E-state index is 0. The smallest absolute Gasteiger partial charge is 0.0801 e. The molecule has 2 aliphatic rings. The molecule has 2 saturated heterocycles. The van der Waals surface area contributed by atoms with Crippen molar-refractivity contribution in [2.75, 3.05) is 89.4 Å². The first kappa shape index (κ1) is 36.3. The summed E-state index contributed by atoms with van der Waals surface area (Å²) in [6, 6.07) is 13.0. The molecule has 2 N–H and O–H groups in total. The maximum atomic E-state index is 5.47. The van der Waals surface area contributed by atoms with E-state index >= 15 is 0 Å². The van der Waals surface area contributed by atoms with Gasteiger partial charge in [-0.25, -0.2) is 0 Å². The van der Waals surface area contributed by atoms with Crippen molar-refractivity contribution in [3.63, 3.8) is 0 Å². The van der Waals surface area contributed by atoms with E-state index in [-0.39, 0.29) is 49.6 Å². The van der Waals surface area contributed by atoms with Crippen LogP contribution in [0.3, 0.4) is 0 Å². The van der Waals surface area contributed by atoms with Crippen LogP contribution in [-0.4, -0.2) is 98.6 Å². The zero-order valence-electron chi connectivity index (χ0n) is 23.8. The summed E-state index contributed by atoms with van der Waals surface area (Å²) in [6.07, 6.45) is 6.16. The van der Waals surface area contributed by atoms with Crippen LogP contribution in [0.15, 0.2) is 48.8 Å². The Kier molecular flexibility index (Phi) is 15.6. The summed E-state index contributed by atoms with van der Waals surface area (Å²) in [5.74, 6) is 0. The van der Waals surface area contributed by atoms with Gasteiger partial charge in [-0.1, -0.05) is 24.3 Å². The normalized spacial score (nSPS) is 15.7. The van der Waals surface area contributed by atoms with Gasteiger partial charge in [-0.15, -0.1) is 49.6 Å². The molecule has 12 heteroatoms. The summed E-state index contributed by atoms with van der Waals surface area (Å²) in [4.78, 5) is 14.5. The molecule has 2 fully saturated rings. The Balaban J connectivity index is 0.00000154. The molecule has 4 aromatic rings. The van der Waals surface area contributed by atoms with Gasteiger partial charge in [0.25, 0.3) is 0 Å². The number of anilines is 2. The maximum Gasteiger partial charge on any atom is 0.0801 e. The first-order chi connectivity index (χ1) is 18.9. The lowest BCUT2D eigenvalue weighted by molar-refractivity contribution is 0.0373. The van der Waals surface area contributed by atoms with E-state index in [1.54, 1.807) is 0 Å². The Bertz CT molecular complexity index is 1390. The van der Waals surface area contributed by atoms with Crippen LogP contribution in [0.5, 0.6) is 0 Å². The van der Waals surface area contributed by atoms with E-state index in [1.165, 1.54) is 6.42 Å². The van der Waals surface area contributed by atoms with Gasteiger partial charge in [0.05, 0.1) is 37.5 Å². The number of rotatable bonds is 10. The van der Waals surface area contributed by atoms with Gasteiger partial charge in [-0.3, -0.25) is 19.8 Å². The first-order valence-corrected chi connectivity index (χ1v) is 14.0. The summed E-state index contributed by atoms with van der Waals surface area (Å²) in [5, 5.41) is 11.9. The number of benzene rings is 2. The molecule has 0 spiro atoms. The Morgan fingerprint density at radius 1 is 0.548 bits per heavy atom. The number of ether oxygens (including phenoxy) is 2. The number of unbranched alkanes of at least 4 members (excludes halogenated alkanes) is 1. The van der Waals surface area contributed by atoms with Crippen LogP contribution < -0.4 is 10.6 Å². The maximum absolute atomic E-state index is 5.47. The SMILES string of the molecule is Cl.Cl.Cl.Cl.c1cc(NCCCCN2CCOCC2)c2ccc3c(ccc4c(NCCN5CCOCC5)ccnc43)c2n1. The van der Waals surface area contributed by atoms with Crippen molar-refractivity contribution >= 4 is 93.6 Å². The summed E-state index contributed by atoms with van der Waals surface area (Å²) in [6.45, 7) is 11.6. The molecule has 0 atom stereocenters. The lowest BCUT2D eigenvalue weighted by atomic mass is 10.0. The third-order valence-corrected chi connectivity index (χ3v) is 7.78. The average molecular weight is 661 g/mol. The van der Waals surface area contributed by atoms with Crippen LogP contribution in [0.1, 0.15) is 12.8 Å². The van der Waals surface area contributed by atoms with Gasteiger partial charge in [0.2, 0.25) is 0 Å². The highest BCUT2D eigenvalue weighted by Crippen LogP contribution is 2.34. The molecule has 0 amide bonds. The Hall–Kier alpha value is -1.88. The molecule has 6 rings (SSSR count). The number of fused-ring (bicyclic) bond motifs is 5. The van der Waals surface area contributed by atoms with Crippen molar-refractivity contribution in [2.45, 2.75) is 12.8 Å². The number of morpholine rings is 2. The van der Waals surface area contributed by atoms with Gasteiger partial charge in [-0.2, -0.15) is 0 Å². The number of hydrogen-bond acceptors (Lipinski definition) is 8. The van der Waals surface area contributed by atoms with E-state index in [1.807, 2.05) is 12.4 Å². The van der Waals surface area contributed by atoms with Crippen LogP contribution in [0.2, 0.25) is 0 Å². The number of aromatic nitrogens is 2. The molecule has 0 aliphatic carbocycles. The summed E-state index contributed by atoms with van der Waals surface area (Å²) >= 11 is 0. The van der Waals surface area contributed by atoms with Gasteiger partial charge in [-0.05, 0) is 31.5 Å². The average Bonchev–Trinajstić information content (AvgIpc) is 2.98. The molecule has 2 aliphatic heterocycles. The number of nitrogens with one attached hydrogen (secondary N) is 2. The number of nitrogens with zero attached hydrogens (tertiary/aromatic N) is 4. The standard InChI is InChI=1S/C30H38N6O2.4ClH/c1(2-13-35-15-19-37-20-16-35)9-31-27-7-10-33-29-23-4-6-26-28(32-12-14-36-17-21-38-22-18-36)8-11-34-30(26)24(23)3-5-25(27)29;;;;/h3-8,10-11H,1-2,9,12-22H2,(H,31,33)(H,32,34);4*1H. The van der Waals surface area contributed by atoms with Crippen molar-refractivity contribution in [2.24, 2.45) is 0 Å². The molecule has 0 unspecified atom stereocenters. The van der Waals surface area contributed by atoms with E-state index < -0.39 is 0 Å². The number of halogens is 4. The molecule has 42 heavy (non-hydrogen) atoms. The molecule has 0 bridgehead atoms. The Labute approximate surface area is 272 Å². The molecular formula is C30H42Cl4N6O2. The fourth-order valence-electron chi connectivity index (χ4n) is 5.63. The third kappa shape index (κ3) is 8.61. The zero-order chi connectivity index (χ0) is 25.6. The minimum absolute atomic E-state index is 0. The fourth-order valence-corrected chi connectivity index (χ4v) is 5.63. The summed E-state index contributed by atoms with van der Waals surface area (Å²) in [7, 11) is 0. The first-order valence-electron chi connectivity index (χ1n) is 14.0. The third-order valence-electron chi connectivity index (χ3n) is 7.78. The molecule has 232 valence electrons. The van der Waals surface area contributed by atoms with Gasteiger partial charge >= 0.3 is 0 Å². The van der Waals surface area contributed by atoms with E-state index in [0.29, 0.717) is 0 Å². The van der Waals surface area contributed by atoms with Crippen LogP contribution in [0.4, 0.5) is 11.4 Å². The Morgan fingerprint density at radius 3 is 1.52 bits per heavy atom. The predicted molar refractivity (Wildman–Crippen MR) is 184 cm³/mol. The van der Waals surface area contributed by atoms with Crippen molar-refractivity contribution in [1.29, 1.82) is 0 Å². The van der Waals surface area contributed by atoms with Crippen molar-refractivity contribution in [3.05, 3.63) is 48.8 Å². The Morgan fingerprint density at radius 2 is 1.00 bits per heavy atom. The van der Waals surface area contributed by atoms with Crippen LogP contribution in [0, 0.1) is 0 Å². The lowest BCUT2D eigenvalue weighted by Crippen LogP contribution is -2.39. The van der Waals surface area contributed by atoms with Crippen molar-refractivity contribution in [3.8, 4) is 0 Å². The highest BCUT2D eigenvalue weighted by Gasteiger charge is 2.13. The monoisotopic (exact) mass is 658 g/mol. The molecule has 4 heterocycles. The van der Waals surface area contributed by atoms with Crippen LogP contribution in [0.25, 0.3) is 32.6 Å². The van der Waals surface area contributed by atoms with Gasteiger partial charge in [0.15, 0.2) is 0 Å². The molecule has 2 aromatic heterocycles. The molecule has 8 nitrogen and oxygen atoms in total. The predicted octanol–water partition coefficient (Wildman–Crippen LogP) is 5.89. The topological polar surface area (TPSA) is 74.8 Å². The van der Waals surface area contributed by atoms with Gasteiger partial charge in [0, 0.05) is 91.1 Å². The van der Waals surface area contributed by atoms with Crippen LogP contribution in [-0.2, 0) is 9.47 Å². The van der Waals surface area contributed by atoms with Crippen LogP contribution >= 0.6 is 49.6 Å². The second kappa shape index (κ2) is 18.0. The second-order valence-electron chi connectivity index (χ2n) is 10.2. The second-order valence-corrected chi connectivity index (χ2v) is 10.2. The van der Waals surface area contributed by atoms with Gasteiger partial charge in [0.1, 0.15) is 0 Å². The number of pyridine rings is 2. The van der Waals surface area contributed by atoms with Crippen molar-refractivity contribution in [1.82, 2.24) is 19.8 Å². The van der Waals surface area contributed by atoms with E-state index in [0.717, 1.165) is 129 Å². The molecule has 0 saturated carbocycles. The lowest BCUT2D eigenvalue weighted by Gasteiger charge is -2.26. The van der Waals surface area contributed by atoms with E-state index in [4.69, 9.17) is 19.4 Å². The molecular weight excluding hydrogens is 618 g/mol. The van der Waals surface area contributed by atoms with E-state index in [9.17, 15) is 0 Å². The fraction of sp³-hybridized carbons (Fsp3) is 0.467. The zero-order valence-corrected chi connectivity index (χ0v) is 27.0. The van der Waals surface area contributed by atoms with Gasteiger partial charge < -0.3 is 20.1 Å². The van der Waals surface area contributed by atoms with E-state index in [2.05, 4.69) is 56.8 Å². The largest absolute Gasteiger partial charge is 0.384 e. The molecule has 0 radical (unpaired) electrons. The molecule has 2 aromatic carbocycles. The highest BCUT2D eigenvalue weighted by molar-refractivity contribution is 6.18. The highest BCUT2D eigenvalue weighted by atomic mass is 35.5. The van der Waals surface area contributed by atoms with Crippen molar-refractivity contribution < 1.29 is 9.47 Å². The quantitative estimate of drug-likeness (QED) is 0.161. The summed E-state index contributed by atoms with van der Waals surface area (Å²) in [5.41, 5.74) is 4.32.